The van der Waals surface area contributed by atoms with Crippen molar-refractivity contribution in [1.29, 1.82) is 0 Å². The number of likely N-dealkylation sites (tertiary alicyclic amines) is 1. The molecule has 0 aromatic carbocycles. The molecule has 6 nitrogen and oxygen atoms in total. The summed E-state index contributed by atoms with van der Waals surface area (Å²) in [5.41, 5.74) is -0.332. The normalized spacial score (nSPS) is 28.3. The van der Waals surface area contributed by atoms with Gasteiger partial charge in [-0.2, -0.15) is 8.42 Å². The highest BCUT2D eigenvalue weighted by Crippen LogP contribution is 2.50. The van der Waals surface area contributed by atoms with Gasteiger partial charge in [0, 0.05) is 12.0 Å². The van der Waals surface area contributed by atoms with Gasteiger partial charge < -0.3 is 5.11 Å². The van der Waals surface area contributed by atoms with Crippen molar-refractivity contribution in [2.75, 3.05) is 12.8 Å². The molecule has 0 bridgehead atoms. The SMILES string of the molecule is CS(=O)(=O)OC1CN(C(=O)O)C2(CC2)C1. The van der Waals surface area contributed by atoms with Crippen molar-refractivity contribution in [3.05, 3.63) is 0 Å². The highest BCUT2D eigenvalue weighted by Gasteiger charge is 2.57. The van der Waals surface area contributed by atoms with Gasteiger partial charge in [-0.3, -0.25) is 9.08 Å². The molecule has 2 rings (SSSR count). The summed E-state index contributed by atoms with van der Waals surface area (Å²) in [4.78, 5) is 12.2. The lowest BCUT2D eigenvalue weighted by Crippen LogP contribution is -2.36. The maximum atomic E-state index is 10.9. The van der Waals surface area contributed by atoms with Crippen LogP contribution < -0.4 is 0 Å². The fourth-order valence-electron chi connectivity index (χ4n) is 2.21. The van der Waals surface area contributed by atoms with Crippen molar-refractivity contribution in [3.8, 4) is 0 Å². The summed E-state index contributed by atoms with van der Waals surface area (Å²) in [6.45, 7) is 0.155. The van der Waals surface area contributed by atoms with E-state index in [0.29, 0.717) is 6.42 Å². The van der Waals surface area contributed by atoms with Gasteiger partial charge in [0.25, 0.3) is 10.1 Å². The number of hydrogen-bond donors (Lipinski definition) is 1. The van der Waals surface area contributed by atoms with Crippen molar-refractivity contribution < 1.29 is 22.5 Å². The zero-order valence-corrected chi connectivity index (χ0v) is 9.16. The highest BCUT2D eigenvalue weighted by molar-refractivity contribution is 7.86. The van der Waals surface area contributed by atoms with E-state index in [0.717, 1.165) is 19.1 Å². The lowest BCUT2D eigenvalue weighted by Gasteiger charge is -2.19. The monoisotopic (exact) mass is 235 g/mol. The average molecular weight is 235 g/mol. The van der Waals surface area contributed by atoms with E-state index in [2.05, 4.69) is 0 Å². The molecule has 0 aromatic heterocycles. The molecule has 1 amide bonds. The number of rotatable bonds is 2. The van der Waals surface area contributed by atoms with Gasteiger partial charge in [0.1, 0.15) is 0 Å². The molecule has 1 saturated carbocycles. The van der Waals surface area contributed by atoms with Crippen molar-refractivity contribution >= 4 is 16.2 Å². The summed E-state index contributed by atoms with van der Waals surface area (Å²) in [5, 5.41) is 8.93. The standard InChI is InChI=1S/C8H13NO5S/c1-15(12,13)14-6-4-8(2-3-8)9(5-6)7(10)11/h6H,2-5H2,1H3,(H,10,11). The Morgan fingerprint density at radius 2 is 2.13 bits per heavy atom. The topological polar surface area (TPSA) is 83.9 Å². The average Bonchev–Trinajstić information content (AvgIpc) is 2.66. The number of amides is 1. The Bertz CT molecular complexity index is 386. The third kappa shape index (κ3) is 2.07. The van der Waals surface area contributed by atoms with Crippen LogP contribution in [0.3, 0.4) is 0 Å². The first kappa shape index (κ1) is 10.7. The second-order valence-electron chi connectivity index (χ2n) is 4.24. The minimum atomic E-state index is -3.50. The Kier molecular flexibility index (Phi) is 2.20. The van der Waals surface area contributed by atoms with Crippen LogP contribution in [0.5, 0.6) is 0 Å². The molecular weight excluding hydrogens is 222 g/mol. The first-order chi connectivity index (χ1) is 6.82. The van der Waals surface area contributed by atoms with E-state index in [1.807, 2.05) is 0 Å². The Balaban J connectivity index is 2.07. The Morgan fingerprint density at radius 3 is 2.47 bits per heavy atom. The molecule has 1 saturated heterocycles. The number of nitrogens with zero attached hydrogens (tertiary/aromatic N) is 1. The smallest absolute Gasteiger partial charge is 0.407 e. The van der Waals surface area contributed by atoms with Crippen LogP contribution in [0.4, 0.5) is 4.79 Å². The predicted molar refractivity (Wildman–Crippen MR) is 51.0 cm³/mol. The minimum absolute atomic E-state index is 0.155. The lowest BCUT2D eigenvalue weighted by molar-refractivity contribution is 0.131. The van der Waals surface area contributed by atoms with Crippen LogP contribution in [0.2, 0.25) is 0 Å². The molecule has 86 valence electrons. The molecule has 1 spiro atoms. The second kappa shape index (κ2) is 3.08. The molecule has 1 atom stereocenters. The number of carboxylic acid groups (broad SMARTS) is 1. The van der Waals surface area contributed by atoms with E-state index in [9.17, 15) is 13.2 Å². The Morgan fingerprint density at radius 1 is 1.53 bits per heavy atom. The fraction of sp³-hybridized carbons (Fsp3) is 0.875. The van der Waals surface area contributed by atoms with Crippen LogP contribution in [-0.2, 0) is 14.3 Å². The molecule has 0 aromatic rings. The van der Waals surface area contributed by atoms with E-state index >= 15 is 0 Å². The van der Waals surface area contributed by atoms with Gasteiger partial charge in [-0.05, 0) is 12.8 Å². The third-order valence-corrected chi connectivity index (χ3v) is 3.56. The maximum Gasteiger partial charge on any atom is 0.407 e. The van der Waals surface area contributed by atoms with E-state index < -0.39 is 22.3 Å². The summed E-state index contributed by atoms with van der Waals surface area (Å²) >= 11 is 0. The van der Waals surface area contributed by atoms with Crippen LogP contribution in [0.25, 0.3) is 0 Å². The van der Waals surface area contributed by atoms with Gasteiger partial charge in [-0.25, -0.2) is 4.79 Å². The molecule has 1 N–H and O–H groups in total. The first-order valence-corrected chi connectivity index (χ1v) is 6.53. The van der Waals surface area contributed by atoms with Crippen LogP contribution >= 0.6 is 0 Å². The molecule has 7 heteroatoms. The van der Waals surface area contributed by atoms with Gasteiger partial charge in [0.05, 0.1) is 18.9 Å². The first-order valence-electron chi connectivity index (χ1n) is 4.71. The zero-order valence-electron chi connectivity index (χ0n) is 8.34. The Labute approximate surface area is 87.9 Å². The van der Waals surface area contributed by atoms with Gasteiger partial charge in [-0.1, -0.05) is 0 Å². The Hall–Kier alpha value is -0.820. The number of hydrogen-bond acceptors (Lipinski definition) is 4. The van der Waals surface area contributed by atoms with E-state index in [1.54, 1.807) is 0 Å². The third-order valence-electron chi connectivity index (χ3n) is 2.94. The molecule has 2 fully saturated rings. The van der Waals surface area contributed by atoms with Crippen molar-refractivity contribution in [2.24, 2.45) is 0 Å². The highest BCUT2D eigenvalue weighted by atomic mass is 32.2. The molecule has 1 aliphatic carbocycles. The summed E-state index contributed by atoms with van der Waals surface area (Å²) in [5.74, 6) is 0. The van der Waals surface area contributed by atoms with E-state index in [4.69, 9.17) is 9.29 Å². The largest absolute Gasteiger partial charge is 0.465 e. The fourth-order valence-corrected chi connectivity index (χ4v) is 2.83. The van der Waals surface area contributed by atoms with Crippen LogP contribution in [0, 0.1) is 0 Å². The molecule has 1 aliphatic heterocycles. The summed E-state index contributed by atoms with van der Waals surface area (Å²) in [6.07, 6.45) is 1.58. The van der Waals surface area contributed by atoms with Gasteiger partial charge in [0.15, 0.2) is 0 Å². The molecule has 15 heavy (non-hydrogen) atoms. The molecule has 0 radical (unpaired) electrons. The summed E-state index contributed by atoms with van der Waals surface area (Å²) in [7, 11) is -3.50. The summed E-state index contributed by atoms with van der Waals surface area (Å²) in [6, 6.07) is 0. The van der Waals surface area contributed by atoms with Crippen molar-refractivity contribution in [3.63, 3.8) is 0 Å². The quantitative estimate of drug-likeness (QED) is 0.693. The molecule has 1 unspecified atom stereocenters. The second-order valence-corrected chi connectivity index (χ2v) is 5.84. The van der Waals surface area contributed by atoms with E-state index in [1.165, 1.54) is 4.90 Å². The minimum Gasteiger partial charge on any atom is -0.465 e. The predicted octanol–water partition coefficient (Wildman–Crippen LogP) is 0.247. The van der Waals surface area contributed by atoms with Crippen LogP contribution in [-0.4, -0.2) is 49.0 Å². The van der Waals surface area contributed by atoms with Gasteiger partial charge in [-0.15, -0.1) is 0 Å². The van der Waals surface area contributed by atoms with Crippen molar-refractivity contribution in [1.82, 2.24) is 4.90 Å². The molecular formula is C8H13NO5S. The van der Waals surface area contributed by atoms with Crippen LogP contribution in [0.15, 0.2) is 0 Å². The van der Waals surface area contributed by atoms with Crippen LogP contribution in [0.1, 0.15) is 19.3 Å². The molecule has 1 heterocycles. The van der Waals surface area contributed by atoms with E-state index in [-0.39, 0.29) is 12.1 Å². The maximum absolute atomic E-state index is 10.9. The van der Waals surface area contributed by atoms with Gasteiger partial charge in [0.2, 0.25) is 0 Å². The number of carbonyl (C=O) groups is 1. The van der Waals surface area contributed by atoms with Crippen molar-refractivity contribution in [2.45, 2.75) is 30.9 Å². The summed E-state index contributed by atoms with van der Waals surface area (Å²) < 4.78 is 26.6. The molecule has 2 aliphatic rings. The van der Waals surface area contributed by atoms with Gasteiger partial charge >= 0.3 is 6.09 Å². The lowest BCUT2D eigenvalue weighted by atomic mass is 10.2. The zero-order chi connectivity index (χ0) is 11.3.